The van der Waals surface area contributed by atoms with Gasteiger partial charge in [0, 0.05) is 5.88 Å². The first-order chi connectivity index (χ1) is 15.6. The van der Waals surface area contributed by atoms with E-state index >= 15 is 0 Å². The monoisotopic (exact) mass is 472 g/mol. The first-order valence-corrected chi connectivity index (χ1v) is 13.7. The van der Waals surface area contributed by atoms with Crippen LogP contribution in [0.3, 0.4) is 0 Å². The summed E-state index contributed by atoms with van der Waals surface area (Å²) in [4.78, 5) is 0. The highest BCUT2D eigenvalue weighted by Crippen LogP contribution is 2.33. The SMILES string of the molecule is CC(C)=CCC/C(C)=C/CC/C(C)=C/CCCl.CC(C)=CCC/C(C)=C/CCC(C)=C1CC1. The summed E-state index contributed by atoms with van der Waals surface area (Å²) in [7, 11) is 0. The molecular formula is C32H53Cl. The van der Waals surface area contributed by atoms with Gasteiger partial charge in [-0.05, 0) is 126 Å². The van der Waals surface area contributed by atoms with Crippen LogP contribution in [0.5, 0.6) is 0 Å². The average Bonchev–Trinajstić information content (AvgIpc) is 3.57. The lowest BCUT2D eigenvalue weighted by Crippen LogP contribution is -1.81. The van der Waals surface area contributed by atoms with Crippen LogP contribution in [0.25, 0.3) is 0 Å². The highest BCUT2D eigenvalue weighted by atomic mass is 35.5. The Morgan fingerprint density at radius 2 is 0.909 bits per heavy atom. The Bertz CT molecular complexity index is 708. The molecule has 1 heteroatoms. The van der Waals surface area contributed by atoms with Gasteiger partial charge in [-0.3, -0.25) is 0 Å². The van der Waals surface area contributed by atoms with Crippen molar-refractivity contribution >= 4 is 11.6 Å². The van der Waals surface area contributed by atoms with Gasteiger partial charge in [0.25, 0.3) is 0 Å². The van der Waals surface area contributed by atoms with E-state index in [1.165, 1.54) is 73.7 Å². The average molecular weight is 473 g/mol. The smallest absolute Gasteiger partial charge is 0.0258 e. The van der Waals surface area contributed by atoms with Crippen LogP contribution in [0.2, 0.25) is 0 Å². The second-order valence-corrected chi connectivity index (χ2v) is 10.6. The lowest BCUT2D eigenvalue weighted by atomic mass is 10.1. The Morgan fingerprint density at radius 3 is 1.27 bits per heavy atom. The minimum absolute atomic E-state index is 0.731. The minimum Gasteiger partial charge on any atom is -0.126 e. The quantitative estimate of drug-likeness (QED) is 0.174. The molecule has 1 rings (SSSR count). The van der Waals surface area contributed by atoms with Crippen molar-refractivity contribution < 1.29 is 0 Å². The van der Waals surface area contributed by atoms with Crippen molar-refractivity contribution in [1.29, 1.82) is 0 Å². The van der Waals surface area contributed by atoms with E-state index in [2.05, 4.69) is 85.8 Å². The van der Waals surface area contributed by atoms with Crippen LogP contribution in [0, 0.1) is 0 Å². The first-order valence-electron chi connectivity index (χ1n) is 13.1. The molecule has 0 heterocycles. The molecule has 0 spiro atoms. The number of hydrogen-bond donors (Lipinski definition) is 0. The highest BCUT2D eigenvalue weighted by Gasteiger charge is 2.13. The van der Waals surface area contributed by atoms with Gasteiger partial charge < -0.3 is 0 Å². The van der Waals surface area contributed by atoms with Crippen molar-refractivity contribution in [3.8, 4) is 0 Å². The predicted molar refractivity (Wildman–Crippen MR) is 154 cm³/mol. The summed E-state index contributed by atoms with van der Waals surface area (Å²) in [6.45, 7) is 17.6. The summed E-state index contributed by atoms with van der Waals surface area (Å²) in [5.41, 5.74) is 10.7. The Labute approximate surface area is 212 Å². The molecule has 0 saturated heterocycles. The van der Waals surface area contributed by atoms with E-state index in [1.54, 1.807) is 16.7 Å². The lowest BCUT2D eigenvalue weighted by molar-refractivity contribution is 0.913. The fourth-order valence-corrected chi connectivity index (χ4v) is 3.64. The summed E-state index contributed by atoms with van der Waals surface area (Å²) in [6, 6.07) is 0. The Morgan fingerprint density at radius 1 is 0.545 bits per heavy atom. The van der Waals surface area contributed by atoms with Crippen LogP contribution < -0.4 is 0 Å². The van der Waals surface area contributed by atoms with Crippen LogP contribution >= 0.6 is 11.6 Å². The molecule has 1 aliphatic carbocycles. The van der Waals surface area contributed by atoms with Crippen molar-refractivity contribution in [3.05, 3.63) is 69.4 Å². The van der Waals surface area contributed by atoms with E-state index in [0.717, 1.165) is 25.1 Å². The number of alkyl halides is 1. The fraction of sp³-hybridized carbons (Fsp3) is 0.625. The molecule has 1 aliphatic rings. The fourth-order valence-electron chi connectivity index (χ4n) is 3.53. The number of halogens is 1. The lowest BCUT2D eigenvalue weighted by Gasteiger charge is -2.01. The number of allylic oxidation sites excluding steroid dienone is 12. The molecule has 0 nitrogen and oxygen atoms in total. The van der Waals surface area contributed by atoms with Gasteiger partial charge in [0.15, 0.2) is 0 Å². The second kappa shape index (κ2) is 20.1. The third-order valence-electron chi connectivity index (χ3n) is 5.93. The molecule has 0 unspecified atom stereocenters. The van der Waals surface area contributed by atoms with Crippen molar-refractivity contribution in [1.82, 2.24) is 0 Å². The van der Waals surface area contributed by atoms with Gasteiger partial charge in [0.2, 0.25) is 0 Å². The van der Waals surface area contributed by atoms with E-state index in [4.69, 9.17) is 11.6 Å². The molecular weight excluding hydrogens is 420 g/mol. The zero-order valence-corrected chi connectivity index (χ0v) is 24.0. The Hall–Kier alpha value is -1.27. The summed E-state index contributed by atoms with van der Waals surface area (Å²) in [5, 5.41) is 0. The van der Waals surface area contributed by atoms with Crippen molar-refractivity contribution in [2.24, 2.45) is 0 Å². The molecule has 0 atom stereocenters. The standard InChI is InChI=1S/C16H27Cl.C16H26/c1-14(2)8-5-9-15(3)10-6-11-16(4)12-7-13-17;1-13(2)7-5-8-14(3)9-6-10-15(4)16-11-12-16/h8,10,12H,5-7,9,11,13H2,1-4H3;7,9H,5-6,8,10-12H2,1-4H3/b15-10+,16-12+;14-9+. The van der Waals surface area contributed by atoms with Crippen LogP contribution in [0.4, 0.5) is 0 Å². The predicted octanol–water partition coefficient (Wildman–Crippen LogP) is 11.6. The highest BCUT2D eigenvalue weighted by molar-refractivity contribution is 6.17. The summed E-state index contributed by atoms with van der Waals surface area (Å²) in [6.07, 6.45) is 25.0. The van der Waals surface area contributed by atoms with Gasteiger partial charge in [-0.15, -0.1) is 11.6 Å². The van der Waals surface area contributed by atoms with Gasteiger partial charge >= 0.3 is 0 Å². The van der Waals surface area contributed by atoms with Crippen molar-refractivity contribution in [3.63, 3.8) is 0 Å². The second-order valence-electron chi connectivity index (χ2n) is 10.2. The molecule has 0 radical (unpaired) electrons. The topological polar surface area (TPSA) is 0 Å². The van der Waals surface area contributed by atoms with Gasteiger partial charge in [-0.25, -0.2) is 0 Å². The molecule has 0 aromatic rings. The largest absolute Gasteiger partial charge is 0.126 e. The summed E-state index contributed by atoms with van der Waals surface area (Å²) < 4.78 is 0. The van der Waals surface area contributed by atoms with Gasteiger partial charge in [-0.1, -0.05) is 69.4 Å². The van der Waals surface area contributed by atoms with E-state index in [1.807, 2.05) is 0 Å². The molecule has 0 aromatic carbocycles. The molecule has 0 amide bonds. The summed E-state index contributed by atoms with van der Waals surface area (Å²) in [5.74, 6) is 0.731. The maximum Gasteiger partial charge on any atom is 0.0258 e. The molecule has 0 aliphatic heterocycles. The maximum atomic E-state index is 5.65. The first kappa shape index (κ1) is 31.7. The third-order valence-corrected chi connectivity index (χ3v) is 6.15. The zero-order chi connectivity index (χ0) is 25.1. The van der Waals surface area contributed by atoms with Crippen LogP contribution in [-0.2, 0) is 0 Å². The molecule has 0 bridgehead atoms. The van der Waals surface area contributed by atoms with E-state index < -0.39 is 0 Å². The third kappa shape index (κ3) is 22.3. The zero-order valence-electron chi connectivity index (χ0n) is 23.2. The Balaban J connectivity index is 0.000000621. The summed E-state index contributed by atoms with van der Waals surface area (Å²) >= 11 is 5.65. The molecule has 33 heavy (non-hydrogen) atoms. The molecule has 1 fully saturated rings. The van der Waals surface area contributed by atoms with Gasteiger partial charge in [0.05, 0.1) is 0 Å². The van der Waals surface area contributed by atoms with Crippen LogP contribution in [0.15, 0.2) is 69.4 Å². The van der Waals surface area contributed by atoms with E-state index in [-0.39, 0.29) is 0 Å². The van der Waals surface area contributed by atoms with E-state index in [9.17, 15) is 0 Å². The minimum atomic E-state index is 0.731. The number of rotatable bonds is 14. The molecule has 188 valence electrons. The van der Waals surface area contributed by atoms with Crippen molar-refractivity contribution in [2.75, 3.05) is 5.88 Å². The van der Waals surface area contributed by atoms with Crippen LogP contribution in [0.1, 0.15) is 126 Å². The normalized spacial score (nSPS) is 13.8. The van der Waals surface area contributed by atoms with Gasteiger partial charge in [-0.2, -0.15) is 0 Å². The van der Waals surface area contributed by atoms with E-state index in [0.29, 0.717) is 0 Å². The maximum absolute atomic E-state index is 5.65. The van der Waals surface area contributed by atoms with Crippen LogP contribution in [-0.4, -0.2) is 5.88 Å². The molecule has 0 N–H and O–H groups in total. The Kier molecular flexibility index (Phi) is 19.4. The number of hydrogen-bond acceptors (Lipinski definition) is 0. The molecule has 1 saturated carbocycles. The van der Waals surface area contributed by atoms with Crippen molar-refractivity contribution in [2.45, 2.75) is 126 Å². The molecule has 0 aromatic heterocycles. The van der Waals surface area contributed by atoms with Gasteiger partial charge in [0.1, 0.15) is 0 Å².